The first kappa shape index (κ1) is 16.4. The van der Waals surface area contributed by atoms with E-state index in [0.717, 1.165) is 6.54 Å². The lowest BCUT2D eigenvalue weighted by molar-refractivity contribution is -0.159. The number of likely N-dealkylation sites (tertiary alicyclic amines) is 1. The predicted molar refractivity (Wildman–Crippen MR) is 73.6 cm³/mol. The molecule has 2 rings (SSSR count). The van der Waals surface area contributed by atoms with E-state index in [0.29, 0.717) is 5.15 Å². The summed E-state index contributed by atoms with van der Waals surface area (Å²) in [6.07, 6.45) is 5.83. The molecule has 1 saturated heterocycles. The molecular formula is C13H17ClN2O4. The second-order valence-corrected chi connectivity index (χ2v) is 4.82. The van der Waals surface area contributed by atoms with Crippen molar-refractivity contribution in [3.63, 3.8) is 0 Å². The van der Waals surface area contributed by atoms with Gasteiger partial charge in [-0.1, -0.05) is 18.0 Å². The standard InChI is InChI=1S/C11H15ClN2.C2H2O4/c12-11-8-10(4-5-13-11)9-14-6-2-1-3-7-14;3-1(4)2(5)6/h4-5,8H,1-3,6-7,9H2;(H,3,4)(H,5,6). The molecular weight excluding hydrogens is 284 g/mol. The summed E-state index contributed by atoms with van der Waals surface area (Å²) in [5, 5.41) is 15.4. The molecule has 1 aliphatic heterocycles. The van der Waals surface area contributed by atoms with E-state index in [4.69, 9.17) is 31.4 Å². The molecule has 0 radical (unpaired) electrons. The van der Waals surface area contributed by atoms with E-state index < -0.39 is 11.9 Å². The maximum absolute atomic E-state index is 9.10. The highest BCUT2D eigenvalue weighted by Crippen LogP contribution is 2.14. The van der Waals surface area contributed by atoms with Crippen molar-refractivity contribution in [1.82, 2.24) is 9.88 Å². The van der Waals surface area contributed by atoms with Gasteiger partial charge in [-0.3, -0.25) is 4.90 Å². The number of pyridine rings is 1. The van der Waals surface area contributed by atoms with Crippen LogP contribution in [0.25, 0.3) is 0 Å². The summed E-state index contributed by atoms with van der Waals surface area (Å²) >= 11 is 5.83. The van der Waals surface area contributed by atoms with Gasteiger partial charge in [0.05, 0.1) is 0 Å². The maximum atomic E-state index is 9.10. The first-order valence-electron chi connectivity index (χ1n) is 6.28. The molecule has 2 heterocycles. The van der Waals surface area contributed by atoms with E-state index in [-0.39, 0.29) is 0 Å². The molecule has 6 nitrogen and oxygen atoms in total. The van der Waals surface area contributed by atoms with Gasteiger partial charge < -0.3 is 10.2 Å². The van der Waals surface area contributed by atoms with Crippen LogP contribution in [0.5, 0.6) is 0 Å². The van der Waals surface area contributed by atoms with Gasteiger partial charge in [-0.2, -0.15) is 0 Å². The number of rotatable bonds is 2. The van der Waals surface area contributed by atoms with Crippen molar-refractivity contribution in [1.29, 1.82) is 0 Å². The minimum absolute atomic E-state index is 0.597. The van der Waals surface area contributed by atoms with Gasteiger partial charge in [-0.25, -0.2) is 14.6 Å². The molecule has 110 valence electrons. The predicted octanol–water partition coefficient (Wildman–Crippen LogP) is 1.88. The number of nitrogens with zero attached hydrogens (tertiary/aromatic N) is 2. The monoisotopic (exact) mass is 300 g/mol. The number of aliphatic carboxylic acids is 2. The second-order valence-electron chi connectivity index (χ2n) is 4.43. The third-order valence-corrected chi connectivity index (χ3v) is 3.04. The Morgan fingerprint density at radius 2 is 1.80 bits per heavy atom. The molecule has 0 saturated carbocycles. The van der Waals surface area contributed by atoms with E-state index in [1.165, 1.54) is 37.9 Å². The molecule has 1 aliphatic rings. The molecule has 0 amide bonds. The largest absolute Gasteiger partial charge is 0.473 e. The first-order chi connectivity index (χ1) is 9.49. The van der Waals surface area contributed by atoms with Crippen LogP contribution in [0.4, 0.5) is 0 Å². The third kappa shape index (κ3) is 6.49. The Morgan fingerprint density at radius 3 is 2.30 bits per heavy atom. The molecule has 7 heteroatoms. The topological polar surface area (TPSA) is 90.7 Å². The maximum Gasteiger partial charge on any atom is 0.414 e. The van der Waals surface area contributed by atoms with Crippen LogP contribution in [-0.2, 0) is 16.1 Å². The Morgan fingerprint density at radius 1 is 1.20 bits per heavy atom. The quantitative estimate of drug-likeness (QED) is 0.640. The van der Waals surface area contributed by atoms with Crippen molar-refractivity contribution < 1.29 is 19.8 Å². The number of carbonyl (C=O) groups is 2. The number of piperidine rings is 1. The van der Waals surface area contributed by atoms with Crippen LogP contribution in [0.3, 0.4) is 0 Å². The van der Waals surface area contributed by atoms with Gasteiger partial charge in [0.25, 0.3) is 0 Å². The normalized spacial score (nSPS) is 15.1. The van der Waals surface area contributed by atoms with Gasteiger partial charge in [0.1, 0.15) is 5.15 Å². The zero-order valence-corrected chi connectivity index (χ0v) is 11.7. The Bertz CT molecular complexity index is 449. The molecule has 20 heavy (non-hydrogen) atoms. The van der Waals surface area contributed by atoms with Crippen molar-refractivity contribution in [3.05, 3.63) is 29.0 Å². The Kier molecular flexibility index (Phi) is 6.97. The molecule has 0 unspecified atom stereocenters. The first-order valence-corrected chi connectivity index (χ1v) is 6.66. The summed E-state index contributed by atoms with van der Waals surface area (Å²) < 4.78 is 0. The fourth-order valence-electron chi connectivity index (χ4n) is 1.92. The van der Waals surface area contributed by atoms with Gasteiger partial charge in [0.15, 0.2) is 0 Å². The van der Waals surface area contributed by atoms with Gasteiger partial charge in [-0.05, 0) is 43.6 Å². The Labute approximate surface area is 122 Å². The van der Waals surface area contributed by atoms with Crippen LogP contribution in [0, 0.1) is 0 Å². The minimum Gasteiger partial charge on any atom is -0.473 e. The van der Waals surface area contributed by atoms with Crippen LogP contribution in [0.2, 0.25) is 5.15 Å². The van der Waals surface area contributed by atoms with Crippen molar-refractivity contribution in [3.8, 4) is 0 Å². The van der Waals surface area contributed by atoms with Gasteiger partial charge in [0, 0.05) is 12.7 Å². The van der Waals surface area contributed by atoms with E-state index in [1.807, 2.05) is 12.1 Å². The number of aromatic nitrogens is 1. The highest BCUT2D eigenvalue weighted by molar-refractivity contribution is 6.29. The summed E-state index contributed by atoms with van der Waals surface area (Å²) in [6.45, 7) is 3.46. The van der Waals surface area contributed by atoms with Crippen molar-refractivity contribution in [2.45, 2.75) is 25.8 Å². The summed E-state index contributed by atoms with van der Waals surface area (Å²) in [6, 6.07) is 4.00. The average molecular weight is 301 g/mol. The smallest absolute Gasteiger partial charge is 0.414 e. The van der Waals surface area contributed by atoms with Gasteiger partial charge in [0.2, 0.25) is 0 Å². The van der Waals surface area contributed by atoms with Crippen LogP contribution in [-0.4, -0.2) is 45.1 Å². The van der Waals surface area contributed by atoms with E-state index in [1.54, 1.807) is 6.20 Å². The van der Waals surface area contributed by atoms with Crippen molar-refractivity contribution in [2.75, 3.05) is 13.1 Å². The van der Waals surface area contributed by atoms with Crippen LogP contribution < -0.4 is 0 Å². The zero-order chi connectivity index (χ0) is 15.0. The fraction of sp³-hybridized carbons (Fsp3) is 0.462. The minimum atomic E-state index is -1.82. The zero-order valence-electron chi connectivity index (χ0n) is 11.0. The van der Waals surface area contributed by atoms with Gasteiger partial charge >= 0.3 is 11.9 Å². The van der Waals surface area contributed by atoms with Crippen molar-refractivity contribution >= 4 is 23.5 Å². The molecule has 0 aliphatic carbocycles. The highest BCUT2D eigenvalue weighted by Gasteiger charge is 2.10. The number of halogens is 1. The second kappa shape index (κ2) is 8.50. The Balaban J connectivity index is 0.000000286. The highest BCUT2D eigenvalue weighted by atomic mass is 35.5. The molecule has 2 N–H and O–H groups in total. The fourth-order valence-corrected chi connectivity index (χ4v) is 2.11. The average Bonchev–Trinajstić information content (AvgIpc) is 2.40. The molecule has 0 aromatic carbocycles. The Hall–Kier alpha value is -1.66. The molecule has 1 fully saturated rings. The lowest BCUT2D eigenvalue weighted by atomic mass is 10.1. The van der Waals surface area contributed by atoms with Gasteiger partial charge in [-0.15, -0.1) is 0 Å². The van der Waals surface area contributed by atoms with E-state index in [9.17, 15) is 0 Å². The number of carboxylic acid groups (broad SMARTS) is 2. The van der Waals surface area contributed by atoms with Crippen LogP contribution in [0.1, 0.15) is 24.8 Å². The third-order valence-electron chi connectivity index (χ3n) is 2.83. The SMILES string of the molecule is Clc1cc(CN2CCCCC2)ccn1.O=C(O)C(=O)O. The van der Waals surface area contributed by atoms with Crippen LogP contribution in [0.15, 0.2) is 18.3 Å². The molecule has 1 aromatic rings. The number of carboxylic acids is 2. The molecule has 1 aromatic heterocycles. The lowest BCUT2D eigenvalue weighted by Crippen LogP contribution is -2.29. The number of hydrogen-bond acceptors (Lipinski definition) is 4. The molecule has 0 atom stereocenters. The molecule has 0 bridgehead atoms. The molecule has 0 spiro atoms. The summed E-state index contributed by atoms with van der Waals surface area (Å²) in [5.74, 6) is -3.65. The summed E-state index contributed by atoms with van der Waals surface area (Å²) in [5.41, 5.74) is 1.27. The van der Waals surface area contributed by atoms with Crippen molar-refractivity contribution in [2.24, 2.45) is 0 Å². The lowest BCUT2D eigenvalue weighted by Gasteiger charge is -2.26. The van der Waals surface area contributed by atoms with E-state index in [2.05, 4.69) is 9.88 Å². The van der Waals surface area contributed by atoms with Crippen LogP contribution >= 0.6 is 11.6 Å². The summed E-state index contributed by atoms with van der Waals surface area (Å²) in [4.78, 5) is 24.7. The van der Waals surface area contributed by atoms with E-state index >= 15 is 0 Å². The number of hydrogen-bond donors (Lipinski definition) is 2. The summed E-state index contributed by atoms with van der Waals surface area (Å²) in [7, 11) is 0.